The second kappa shape index (κ2) is 8.42. The van der Waals surface area contributed by atoms with Gasteiger partial charge in [0.05, 0.1) is 0 Å². The Morgan fingerprint density at radius 1 is 0.594 bits per heavy atom. The fourth-order valence-electron chi connectivity index (χ4n) is 4.17. The highest BCUT2D eigenvalue weighted by molar-refractivity contribution is 7.99. The van der Waals surface area contributed by atoms with E-state index in [0.717, 1.165) is 32.2 Å². The van der Waals surface area contributed by atoms with Crippen molar-refractivity contribution in [3.63, 3.8) is 0 Å². The third kappa shape index (κ3) is 3.58. The van der Waals surface area contributed by atoms with Gasteiger partial charge < -0.3 is 10.2 Å². The second-order valence-corrected chi connectivity index (χ2v) is 12.3. The van der Waals surface area contributed by atoms with Crippen LogP contribution in [-0.2, 0) is 0 Å². The minimum Gasteiger partial charge on any atom is -0.507 e. The number of phenols is 2. The normalized spacial score (nSPS) is 11.5. The fourth-order valence-corrected chi connectivity index (χ4v) is 10.4. The zero-order chi connectivity index (χ0) is 22.2. The van der Waals surface area contributed by atoms with Crippen molar-refractivity contribution in [3.05, 3.63) is 102 Å². The van der Waals surface area contributed by atoms with Crippen LogP contribution in [0.1, 0.15) is 11.1 Å². The molecule has 0 aliphatic rings. The Labute approximate surface area is 191 Å². The summed E-state index contributed by atoms with van der Waals surface area (Å²) in [7, 11) is -0.659. The molecule has 32 heavy (non-hydrogen) atoms. The lowest BCUT2D eigenvalue weighted by Gasteiger charge is -2.24. The van der Waals surface area contributed by atoms with Crippen LogP contribution in [0.3, 0.4) is 0 Å². The topological polar surface area (TPSA) is 40.5 Å². The molecule has 0 heterocycles. The first-order chi connectivity index (χ1) is 15.5. The molecule has 2 N–H and O–H groups in total. The molecule has 0 bridgehead atoms. The van der Waals surface area contributed by atoms with Crippen LogP contribution in [0.4, 0.5) is 0 Å². The standard InChI is InChI=1S/C28H23O2PSi/c1-18-8-7-13-26(19(18)2)32-31(27-22-11-5-3-9-20(22)14-16-24(27)29)28-23-12-6-4-10-21(23)15-17-25(28)30/h3-17,29-30H,1-2H3. The largest absolute Gasteiger partial charge is 0.507 e. The summed E-state index contributed by atoms with van der Waals surface area (Å²) in [5.41, 5.74) is 2.53. The Kier molecular flexibility index (Phi) is 5.46. The Bertz CT molecular complexity index is 1380. The van der Waals surface area contributed by atoms with Gasteiger partial charge in [-0.2, -0.15) is 0 Å². The first-order valence-electron chi connectivity index (χ1n) is 10.6. The number of hydrogen-bond donors (Lipinski definition) is 2. The van der Waals surface area contributed by atoms with Crippen LogP contribution in [-0.4, -0.2) is 19.4 Å². The highest BCUT2D eigenvalue weighted by Gasteiger charge is 2.26. The van der Waals surface area contributed by atoms with Gasteiger partial charge in [-0.1, -0.05) is 84.0 Å². The molecule has 5 aromatic carbocycles. The summed E-state index contributed by atoms with van der Waals surface area (Å²) in [6.45, 7) is 4.30. The van der Waals surface area contributed by atoms with Crippen LogP contribution in [0, 0.1) is 13.8 Å². The van der Waals surface area contributed by atoms with Gasteiger partial charge in [0.2, 0.25) is 0 Å². The maximum atomic E-state index is 11.1. The fraction of sp³-hybridized carbons (Fsp3) is 0.0714. The molecule has 5 rings (SSSR count). The van der Waals surface area contributed by atoms with E-state index in [1.54, 1.807) is 12.1 Å². The lowest BCUT2D eigenvalue weighted by atomic mass is 10.1. The zero-order valence-electron chi connectivity index (χ0n) is 18.0. The number of hydrogen-bond acceptors (Lipinski definition) is 2. The number of phenolic OH excluding ortho intramolecular Hbond substituents is 2. The lowest BCUT2D eigenvalue weighted by molar-refractivity contribution is 0.480. The molecule has 0 spiro atoms. The minimum atomic E-state index is -1.07. The monoisotopic (exact) mass is 450 g/mol. The molecule has 156 valence electrons. The average molecular weight is 451 g/mol. The van der Waals surface area contributed by atoms with Crippen LogP contribution in [0.25, 0.3) is 21.5 Å². The van der Waals surface area contributed by atoms with Gasteiger partial charge >= 0.3 is 0 Å². The van der Waals surface area contributed by atoms with Crippen molar-refractivity contribution in [3.8, 4) is 11.5 Å². The van der Waals surface area contributed by atoms with E-state index < -0.39 is 7.47 Å². The van der Waals surface area contributed by atoms with E-state index >= 15 is 0 Å². The molecule has 0 aliphatic carbocycles. The third-order valence-electron chi connectivity index (χ3n) is 6.04. The first kappa shape index (κ1) is 20.8. The molecule has 5 aromatic rings. The third-order valence-corrected chi connectivity index (χ3v) is 11.6. The van der Waals surface area contributed by atoms with Crippen molar-refractivity contribution < 1.29 is 10.2 Å². The second-order valence-electron chi connectivity index (χ2n) is 8.00. The number of rotatable bonds is 4. The molecule has 2 nitrogen and oxygen atoms in total. The van der Waals surface area contributed by atoms with E-state index in [4.69, 9.17) is 0 Å². The molecule has 0 atom stereocenters. The van der Waals surface area contributed by atoms with Crippen molar-refractivity contribution in [1.82, 2.24) is 0 Å². The first-order valence-corrected chi connectivity index (χ1v) is 13.8. The van der Waals surface area contributed by atoms with Crippen LogP contribution >= 0.6 is 7.47 Å². The smallest absolute Gasteiger partial charge is 0.128 e. The van der Waals surface area contributed by atoms with Crippen LogP contribution < -0.4 is 15.8 Å². The number of benzene rings is 5. The molecule has 0 aromatic heterocycles. The summed E-state index contributed by atoms with van der Waals surface area (Å²) in [5.74, 6) is 0.583. The van der Waals surface area contributed by atoms with Gasteiger partial charge in [0.25, 0.3) is 0 Å². The molecule has 0 saturated carbocycles. The number of aromatic hydroxyl groups is 2. The lowest BCUT2D eigenvalue weighted by Crippen LogP contribution is -2.27. The van der Waals surface area contributed by atoms with Crippen molar-refractivity contribution in [1.29, 1.82) is 0 Å². The molecule has 0 aliphatic heterocycles. The highest BCUT2D eigenvalue weighted by Crippen LogP contribution is 2.43. The van der Waals surface area contributed by atoms with Gasteiger partial charge in [0.15, 0.2) is 0 Å². The van der Waals surface area contributed by atoms with E-state index in [0.29, 0.717) is 20.7 Å². The minimum absolute atomic E-state index is 0.292. The van der Waals surface area contributed by atoms with E-state index in [-0.39, 0.29) is 0 Å². The molecule has 4 heteroatoms. The van der Waals surface area contributed by atoms with Crippen molar-refractivity contribution in [2.24, 2.45) is 0 Å². The molecular weight excluding hydrogens is 427 g/mol. The number of aryl methyl sites for hydroxylation is 1. The van der Waals surface area contributed by atoms with Crippen LogP contribution in [0.15, 0.2) is 91.0 Å². The molecule has 0 saturated heterocycles. The summed E-state index contributed by atoms with van der Waals surface area (Å²) >= 11 is 0. The van der Waals surface area contributed by atoms with Crippen molar-refractivity contribution in [2.45, 2.75) is 13.8 Å². The van der Waals surface area contributed by atoms with E-state index in [9.17, 15) is 10.2 Å². The average Bonchev–Trinajstić information content (AvgIpc) is 2.81. The van der Waals surface area contributed by atoms with Crippen LogP contribution in [0.5, 0.6) is 11.5 Å². The summed E-state index contributed by atoms with van der Waals surface area (Å²) in [4.78, 5) is 0. The maximum Gasteiger partial charge on any atom is 0.128 e. The van der Waals surface area contributed by atoms with Crippen molar-refractivity contribution in [2.75, 3.05) is 0 Å². The highest BCUT2D eigenvalue weighted by atomic mass is 31.4. The van der Waals surface area contributed by atoms with Crippen LogP contribution in [0.2, 0.25) is 0 Å². The number of fused-ring (bicyclic) bond motifs is 2. The summed E-state index contributed by atoms with van der Waals surface area (Å²) < 4.78 is 0. The molecule has 2 radical (unpaired) electrons. The summed E-state index contributed by atoms with van der Waals surface area (Å²) in [6.07, 6.45) is 0. The quantitative estimate of drug-likeness (QED) is 0.284. The van der Waals surface area contributed by atoms with Gasteiger partial charge in [-0.05, 0) is 66.1 Å². The molecule has 0 amide bonds. The summed E-state index contributed by atoms with van der Waals surface area (Å²) in [5, 5.41) is 29.7. The summed E-state index contributed by atoms with van der Waals surface area (Å²) in [6, 6.07) is 30.3. The van der Waals surface area contributed by atoms with Gasteiger partial charge in [0.1, 0.15) is 20.7 Å². The van der Waals surface area contributed by atoms with Gasteiger partial charge in [-0.15, -0.1) is 0 Å². The predicted octanol–water partition coefficient (Wildman–Crippen LogP) is 5.40. The SMILES string of the molecule is Cc1cccc([Si]P(c2c(O)ccc3ccccc23)c2c(O)ccc3ccccc23)c1C. The predicted molar refractivity (Wildman–Crippen MR) is 139 cm³/mol. The van der Waals surface area contributed by atoms with E-state index in [1.807, 2.05) is 36.4 Å². The molecular formula is C28H23O2PSi. The molecule has 0 unspecified atom stereocenters. The van der Waals surface area contributed by atoms with Gasteiger partial charge in [-0.25, -0.2) is 0 Å². The Morgan fingerprint density at radius 2 is 1.12 bits per heavy atom. The Hall–Kier alpha value is -3.13. The Morgan fingerprint density at radius 3 is 1.69 bits per heavy atom. The zero-order valence-corrected chi connectivity index (χ0v) is 19.9. The Balaban J connectivity index is 1.84. The van der Waals surface area contributed by atoms with Gasteiger partial charge in [-0.3, -0.25) is 0 Å². The molecule has 0 fully saturated rings. The van der Waals surface area contributed by atoms with E-state index in [2.05, 4.69) is 56.3 Å². The van der Waals surface area contributed by atoms with Crippen molar-refractivity contribution >= 4 is 54.0 Å². The van der Waals surface area contributed by atoms with Gasteiger partial charge in [0, 0.05) is 10.6 Å². The van der Waals surface area contributed by atoms with E-state index in [1.165, 1.54) is 16.3 Å². The maximum absolute atomic E-state index is 11.1.